The number of carbonyl (C=O) groups excluding carboxylic acids is 1. The fourth-order valence-corrected chi connectivity index (χ4v) is 6.03. The molecule has 2 aromatic rings. The van der Waals surface area contributed by atoms with Crippen molar-refractivity contribution < 1.29 is 19.4 Å². The second-order valence-electron chi connectivity index (χ2n) is 10.0. The van der Waals surface area contributed by atoms with Crippen LogP contribution in [0.5, 0.6) is 11.5 Å². The average molecular weight is 454 g/mol. The molecule has 5 aliphatic rings. The number of benzene rings is 1. The molecule has 2 N–H and O–H groups in total. The molecule has 4 aliphatic heterocycles. The van der Waals surface area contributed by atoms with Crippen LogP contribution in [-0.2, 0) is 23.5 Å². The average Bonchev–Trinajstić information content (AvgIpc) is 3.59. The van der Waals surface area contributed by atoms with Crippen LogP contribution in [-0.4, -0.2) is 56.8 Å². The van der Waals surface area contributed by atoms with Crippen molar-refractivity contribution in [1.29, 1.82) is 0 Å². The van der Waals surface area contributed by atoms with Crippen LogP contribution in [0.2, 0.25) is 0 Å². The first-order chi connectivity index (χ1) is 16.1. The minimum atomic E-state index is -0.800. The number of amides is 1. The maximum atomic E-state index is 13.0. The van der Waals surface area contributed by atoms with Crippen molar-refractivity contribution in [2.45, 2.75) is 63.3 Å². The highest BCUT2D eigenvalue weighted by molar-refractivity contribution is 5.79. The van der Waals surface area contributed by atoms with Crippen LogP contribution in [0.25, 0.3) is 0 Å². The van der Waals surface area contributed by atoms with E-state index >= 15 is 0 Å². The summed E-state index contributed by atoms with van der Waals surface area (Å²) in [5.74, 6) is 2.04. The zero-order chi connectivity index (χ0) is 22.4. The zero-order valence-electron chi connectivity index (χ0n) is 18.8. The molecule has 1 aliphatic carbocycles. The van der Waals surface area contributed by atoms with Crippen LogP contribution < -0.4 is 14.8 Å². The van der Waals surface area contributed by atoms with E-state index in [-0.39, 0.29) is 18.6 Å². The van der Waals surface area contributed by atoms with Gasteiger partial charge in [-0.3, -0.25) is 14.4 Å². The Morgan fingerprint density at radius 1 is 1.24 bits per heavy atom. The Morgan fingerprint density at radius 3 is 2.91 bits per heavy atom. The van der Waals surface area contributed by atoms with E-state index in [1.165, 1.54) is 0 Å². The van der Waals surface area contributed by atoms with E-state index in [4.69, 9.17) is 9.47 Å². The lowest BCUT2D eigenvalue weighted by Crippen LogP contribution is -2.58. The Labute approximate surface area is 193 Å². The van der Waals surface area contributed by atoms with Gasteiger partial charge in [-0.1, -0.05) is 24.1 Å². The number of hydrogen-bond donors (Lipinski definition) is 2. The molecular formula is C24H31N5O4. The van der Waals surface area contributed by atoms with Crippen LogP contribution >= 0.6 is 0 Å². The van der Waals surface area contributed by atoms with Crippen molar-refractivity contribution in [2.24, 2.45) is 11.8 Å². The van der Waals surface area contributed by atoms with Crippen molar-refractivity contribution in [1.82, 2.24) is 25.2 Å². The first kappa shape index (κ1) is 20.9. The molecule has 5 heterocycles. The van der Waals surface area contributed by atoms with Gasteiger partial charge in [0.15, 0.2) is 11.5 Å². The molecule has 1 aromatic carbocycles. The molecule has 1 unspecified atom stereocenters. The van der Waals surface area contributed by atoms with E-state index in [0.29, 0.717) is 24.2 Å². The van der Waals surface area contributed by atoms with E-state index in [1.807, 2.05) is 29.1 Å². The van der Waals surface area contributed by atoms with E-state index in [9.17, 15) is 9.90 Å². The second kappa shape index (κ2) is 8.29. The summed E-state index contributed by atoms with van der Waals surface area (Å²) in [6.45, 7) is 3.31. The highest BCUT2D eigenvalue weighted by atomic mass is 16.7. The number of aliphatic hydroxyl groups is 1. The van der Waals surface area contributed by atoms with Crippen molar-refractivity contribution in [3.05, 3.63) is 35.7 Å². The van der Waals surface area contributed by atoms with E-state index < -0.39 is 5.60 Å². The van der Waals surface area contributed by atoms with Gasteiger partial charge in [0, 0.05) is 19.1 Å². The molecular weight excluding hydrogens is 422 g/mol. The third kappa shape index (κ3) is 3.97. The van der Waals surface area contributed by atoms with Crippen molar-refractivity contribution >= 4 is 5.91 Å². The van der Waals surface area contributed by atoms with Gasteiger partial charge in [0.05, 0.1) is 18.7 Å². The summed E-state index contributed by atoms with van der Waals surface area (Å²) < 4.78 is 12.7. The first-order valence-corrected chi connectivity index (χ1v) is 12.1. The third-order valence-corrected chi connectivity index (χ3v) is 7.96. The van der Waals surface area contributed by atoms with Crippen molar-refractivity contribution in [2.75, 3.05) is 19.9 Å². The molecule has 33 heavy (non-hydrogen) atoms. The van der Waals surface area contributed by atoms with E-state index in [1.54, 1.807) is 0 Å². The molecule has 2 bridgehead atoms. The molecule has 1 saturated carbocycles. The molecule has 4 fully saturated rings. The largest absolute Gasteiger partial charge is 0.454 e. The predicted molar refractivity (Wildman–Crippen MR) is 118 cm³/mol. The van der Waals surface area contributed by atoms with Crippen LogP contribution in [0.1, 0.15) is 49.8 Å². The summed E-state index contributed by atoms with van der Waals surface area (Å²) in [5, 5.41) is 22.5. The quantitative estimate of drug-likeness (QED) is 0.688. The highest BCUT2D eigenvalue weighted by Gasteiger charge is 2.43. The number of ether oxygens (including phenoxy) is 2. The Morgan fingerprint density at radius 2 is 2.09 bits per heavy atom. The molecule has 1 aromatic heterocycles. The Balaban J connectivity index is 1.05. The molecule has 3 saturated heterocycles. The number of carbonyl (C=O) groups is 1. The van der Waals surface area contributed by atoms with Crippen LogP contribution in [0.15, 0.2) is 24.4 Å². The summed E-state index contributed by atoms with van der Waals surface area (Å²) in [7, 11) is 0. The second-order valence-corrected chi connectivity index (χ2v) is 10.0. The van der Waals surface area contributed by atoms with Gasteiger partial charge in [0.1, 0.15) is 11.3 Å². The standard InChI is InChI=1S/C24H31N5O4/c30-23(25-11-16-3-4-20-21(9-16)33-15-32-20)19-13-28-8-5-17(19)10-18(28)12-29-14-22(26-27-29)24(31)6-1-2-7-24/h3-4,9,14,17-19,31H,1-2,5-8,10-13,15H2,(H,25,30)/t17-,18+,19+/m0/s1. The smallest absolute Gasteiger partial charge is 0.231 e. The summed E-state index contributed by atoms with van der Waals surface area (Å²) in [4.78, 5) is 15.4. The van der Waals surface area contributed by atoms with Gasteiger partial charge in [-0.25, -0.2) is 0 Å². The Bertz CT molecular complexity index is 1030. The number of hydrogen-bond acceptors (Lipinski definition) is 7. The fraction of sp³-hybridized carbons (Fsp3) is 0.625. The highest BCUT2D eigenvalue weighted by Crippen LogP contribution is 2.39. The SMILES string of the molecule is O=C(NCc1ccc2c(c1)OCO2)[C@@H]1CN2CC[C@H]1C[C@@H]2Cn1cc(C2(O)CCCC2)nn1. The van der Waals surface area contributed by atoms with Crippen LogP contribution in [0.3, 0.4) is 0 Å². The number of fused-ring (bicyclic) bond motifs is 4. The monoisotopic (exact) mass is 453 g/mol. The Kier molecular flexibility index (Phi) is 5.25. The molecule has 1 amide bonds. The fourth-order valence-electron chi connectivity index (χ4n) is 6.03. The number of rotatable bonds is 6. The summed E-state index contributed by atoms with van der Waals surface area (Å²) >= 11 is 0. The van der Waals surface area contributed by atoms with Gasteiger partial charge in [0.2, 0.25) is 12.7 Å². The number of aromatic nitrogens is 3. The number of nitrogens with zero attached hydrogens (tertiary/aromatic N) is 4. The minimum Gasteiger partial charge on any atom is -0.454 e. The Hall–Kier alpha value is -2.65. The van der Waals surface area contributed by atoms with Gasteiger partial charge >= 0.3 is 0 Å². The molecule has 0 spiro atoms. The molecule has 176 valence electrons. The molecule has 9 nitrogen and oxygen atoms in total. The summed E-state index contributed by atoms with van der Waals surface area (Å²) in [5.41, 5.74) is 0.917. The van der Waals surface area contributed by atoms with Gasteiger partial charge in [-0.2, -0.15) is 0 Å². The maximum Gasteiger partial charge on any atom is 0.231 e. The van der Waals surface area contributed by atoms with Crippen molar-refractivity contribution in [3.63, 3.8) is 0 Å². The van der Waals surface area contributed by atoms with Gasteiger partial charge in [0.25, 0.3) is 0 Å². The molecule has 0 radical (unpaired) electrons. The molecule has 9 heteroatoms. The van der Waals surface area contributed by atoms with Gasteiger partial charge in [-0.15, -0.1) is 5.10 Å². The summed E-state index contributed by atoms with van der Waals surface area (Å²) in [6.07, 6.45) is 7.59. The first-order valence-electron chi connectivity index (χ1n) is 12.1. The van der Waals surface area contributed by atoms with Crippen LogP contribution in [0.4, 0.5) is 0 Å². The lowest BCUT2D eigenvalue weighted by atomic mass is 9.75. The van der Waals surface area contributed by atoms with Gasteiger partial charge in [-0.05, 0) is 55.8 Å². The molecule has 7 rings (SSSR count). The van der Waals surface area contributed by atoms with E-state index in [2.05, 4.69) is 20.5 Å². The van der Waals surface area contributed by atoms with E-state index in [0.717, 1.165) is 75.2 Å². The van der Waals surface area contributed by atoms with Crippen LogP contribution in [0, 0.1) is 11.8 Å². The lowest BCUT2D eigenvalue weighted by Gasteiger charge is -2.49. The van der Waals surface area contributed by atoms with Crippen molar-refractivity contribution in [3.8, 4) is 11.5 Å². The minimum absolute atomic E-state index is 0.0227. The topological polar surface area (TPSA) is 102 Å². The summed E-state index contributed by atoms with van der Waals surface area (Å²) in [6, 6.07) is 6.15. The zero-order valence-corrected chi connectivity index (χ0v) is 18.8. The maximum absolute atomic E-state index is 13.0. The normalized spacial score (nSPS) is 29.4. The van der Waals surface area contributed by atoms with Gasteiger partial charge < -0.3 is 19.9 Å². The predicted octanol–water partition coefficient (Wildman–Crippen LogP) is 1.80. The molecule has 4 atom stereocenters. The number of piperidine rings is 3. The third-order valence-electron chi connectivity index (χ3n) is 7.96. The number of nitrogens with one attached hydrogen (secondary N) is 1. The lowest BCUT2D eigenvalue weighted by molar-refractivity contribution is -0.133.